The van der Waals surface area contributed by atoms with Gasteiger partial charge in [0.1, 0.15) is 5.69 Å². The molecule has 0 saturated heterocycles. The number of benzene rings is 1. The molecule has 6 nitrogen and oxygen atoms in total. The molecule has 1 amide bonds. The summed E-state index contributed by atoms with van der Waals surface area (Å²) in [6, 6.07) is 9.84. The third-order valence-corrected chi connectivity index (χ3v) is 5.05. The van der Waals surface area contributed by atoms with Crippen molar-refractivity contribution in [3.05, 3.63) is 64.7 Å². The topological polar surface area (TPSA) is 75.6 Å². The van der Waals surface area contributed by atoms with Gasteiger partial charge in [-0.25, -0.2) is 4.68 Å². The average molecular weight is 349 g/mol. The minimum Gasteiger partial charge on any atom is -0.344 e. The molecular formula is C20H23N5O. The zero-order valence-corrected chi connectivity index (χ0v) is 15.3. The molecule has 134 valence electrons. The van der Waals surface area contributed by atoms with Crippen LogP contribution < -0.4 is 5.32 Å². The number of para-hydroxylation sites is 1. The Morgan fingerprint density at radius 1 is 1.31 bits per heavy atom. The van der Waals surface area contributed by atoms with Crippen molar-refractivity contribution in [1.29, 1.82) is 0 Å². The third kappa shape index (κ3) is 3.03. The summed E-state index contributed by atoms with van der Waals surface area (Å²) in [7, 11) is 0. The summed E-state index contributed by atoms with van der Waals surface area (Å²) in [5.74, 6) is 0.389. The number of hydrogen-bond donors (Lipinski definition) is 2. The van der Waals surface area contributed by atoms with E-state index in [9.17, 15) is 4.79 Å². The second kappa shape index (κ2) is 6.44. The molecule has 0 radical (unpaired) electrons. The van der Waals surface area contributed by atoms with E-state index in [4.69, 9.17) is 0 Å². The highest BCUT2D eigenvalue weighted by Gasteiger charge is 2.27. The predicted molar refractivity (Wildman–Crippen MR) is 99.5 cm³/mol. The molecule has 2 N–H and O–H groups in total. The summed E-state index contributed by atoms with van der Waals surface area (Å²) in [6.07, 6.45) is 4.18. The van der Waals surface area contributed by atoms with Crippen LogP contribution in [0.3, 0.4) is 0 Å². The lowest BCUT2D eigenvalue weighted by Gasteiger charge is -2.14. The van der Waals surface area contributed by atoms with Crippen LogP contribution in [0.4, 0.5) is 0 Å². The Kier molecular flexibility index (Phi) is 4.11. The van der Waals surface area contributed by atoms with Gasteiger partial charge in [-0.2, -0.15) is 10.2 Å². The molecule has 0 aliphatic heterocycles. The van der Waals surface area contributed by atoms with Crippen LogP contribution in [0.1, 0.15) is 64.7 Å². The number of rotatable bonds is 5. The molecule has 1 atom stereocenters. The molecule has 0 spiro atoms. The normalized spacial score (nSPS) is 15.0. The van der Waals surface area contributed by atoms with Gasteiger partial charge in [0.05, 0.1) is 17.9 Å². The van der Waals surface area contributed by atoms with Gasteiger partial charge in [-0.3, -0.25) is 9.89 Å². The fourth-order valence-electron chi connectivity index (χ4n) is 3.30. The number of aryl methyl sites for hydroxylation is 1. The van der Waals surface area contributed by atoms with Crippen LogP contribution in [0.15, 0.2) is 36.5 Å². The lowest BCUT2D eigenvalue weighted by Crippen LogP contribution is -2.27. The first-order valence-corrected chi connectivity index (χ1v) is 9.01. The minimum atomic E-state index is -0.163. The number of carbonyl (C=O) groups excluding carboxylic acids is 1. The first-order chi connectivity index (χ1) is 12.5. The van der Waals surface area contributed by atoms with Crippen LogP contribution in [0.2, 0.25) is 0 Å². The van der Waals surface area contributed by atoms with Crippen molar-refractivity contribution in [2.45, 2.75) is 45.6 Å². The summed E-state index contributed by atoms with van der Waals surface area (Å²) >= 11 is 0. The second-order valence-electron chi connectivity index (χ2n) is 7.06. The van der Waals surface area contributed by atoms with Crippen LogP contribution in [0.25, 0.3) is 5.69 Å². The van der Waals surface area contributed by atoms with Crippen LogP contribution in [-0.4, -0.2) is 25.9 Å². The van der Waals surface area contributed by atoms with Crippen LogP contribution in [0, 0.1) is 13.8 Å². The van der Waals surface area contributed by atoms with E-state index in [2.05, 4.69) is 33.6 Å². The number of nitrogens with one attached hydrogen (secondary N) is 2. The highest BCUT2D eigenvalue weighted by Crippen LogP contribution is 2.39. The lowest BCUT2D eigenvalue weighted by atomic mass is 10.1. The van der Waals surface area contributed by atoms with E-state index in [1.165, 1.54) is 12.8 Å². The van der Waals surface area contributed by atoms with Crippen molar-refractivity contribution in [2.24, 2.45) is 0 Å². The maximum absolute atomic E-state index is 12.5. The number of carbonyl (C=O) groups is 1. The third-order valence-electron chi connectivity index (χ3n) is 5.05. The Morgan fingerprint density at radius 3 is 2.81 bits per heavy atom. The molecule has 0 unspecified atom stereocenters. The van der Waals surface area contributed by atoms with E-state index < -0.39 is 0 Å². The molecule has 2 aromatic heterocycles. The van der Waals surface area contributed by atoms with Gasteiger partial charge in [0.2, 0.25) is 0 Å². The standard InChI is InChI=1S/C20H23N5O/c1-12-6-4-5-7-19(12)25-14(3)16(11-21-25)13(2)22-20(26)18-10-17(23-24-18)15-8-9-15/h4-7,10-11,13,15H,8-9H2,1-3H3,(H,22,26)(H,23,24)/t13-/m1/s1. The van der Waals surface area contributed by atoms with Gasteiger partial charge in [-0.1, -0.05) is 18.2 Å². The number of nitrogens with zero attached hydrogens (tertiary/aromatic N) is 3. The fourth-order valence-corrected chi connectivity index (χ4v) is 3.30. The Bertz CT molecular complexity index is 951. The molecule has 1 saturated carbocycles. The highest BCUT2D eigenvalue weighted by atomic mass is 16.2. The summed E-state index contributed by atoms with van der Waals surface area (Å²) in [5.41, 5.74) is 5.74. The van der Waals surface area contributed by atoms with Crippen molar-refractivity contribution < 1.29 is 4.79 Å². The Morgan fingerprint density at radius 2 is 2.08 bits per heavy atom. The minimum absolute atomic E-state index is 0.152. The van der Waals surface area contributed by atoms with E-state index in [1.807, 2.05) is 49.0 Å². The summed E-state index contributed by atoms with van der Waals surface area (Å²) in [5, 5.41) is 14.7. The molecule has 1 aromatic carbocycles. The van der Waals surface area contributed by atoms with E-state index in [0.29, 0.717) is 11.6 Å². The van der Waals surface area contributed by atoms with Crippen molar-refractivity contribution in [3.8, 4) is 5.69 Å². The van der Waals surface area contributed by atoms with Gasteiger partial charge in [-0.05, 0) is 51.3 Å². The fraction of sp³-hybridized carbons (Fsp3) is 0.350. The van der Waals surface area contributed by atoms with E-state index >= 15 is 0 Å². The maximum Gasteiger partial charge on any atom is 0.272 e. The van der Waals surface area contributed by atoms with E-state index in [-0.39, 0.29) is 11.9 Å². The molecule has 6 heteroatoms. The summed E-state index contributed by atoms with van der Waals surface area (Å²) in [6.45, 7) is 6.06. The van der Waals surface area contributed by atoms with Crippen molar-refractivity contribution >= 4 is 5.91 Å². The monoisotopic (exact) mass is 349 g/mol. The van der Waals surface area contributed by atoms with Gasteiger partial charge in [0, 0.05) is 22.9 Å². The van der Waals surface area contributed by atoms with Crippen LogP contribution in [0.5, 0.6) is 0 Å². The molecule has 2 heterocycles. The van der Waals surface area contributed by atoms with Crippen molar-refractivity contribution in [2.75, 3.05) is 0 Å². The number of amides is 1. The van der Waals surface area contributed by atoms with Crippen molar-refractivity contribution in [3.63, 3.8) is 0 Å². The highest BCUT2D eigenvalue weighted by molar-refractivity contribution is 5.92. The Balaban J connectivity index is 1.52. The largest absolute Gasteiger partial charge is 0.344 e. The Hall–Kier alpha value is -2.89. The Labute approximate surface area is 152 Å². The summed E-state index contributed by atoms with van der Waals surface area (Å²) in [4.78, 5) is 12.5. The second-order valence-corrected chi connectivity index (χ2v) is 7.06. The zero-order valence-electron chi connectivity index (χ0n) is 15.3. The van der Waals surface area contributed by atoms with Gasteiger partial charge in [-0.15, -0.1) is 0 Å². The van der Waals surface area contributed by atoms with Gasteiger partial charge in [0.25, 0.3) is 5.91 Å². The number of hydrogen-bond acceptors (Lipinski definition) is 3. The molecule has 3 aromatic rings. The van der Waals surface area contributed by atoms with Gasteiger partial charge < -0.3 is 5.32 Å². The smallest absolute Gasteiger partial charge is 0.272 e. The quantitative estimate of drug-likeness (QED) is 0.739. The lowest BCUT2D eigenvalue weighted by molar-refractivity contribution is 0.0934. The van der Waals surface area contributed by atoms with Crippen molar-refractivity contribution in [1.82, 2.24) is 25.3 Å². The molecule has 1 aliphatic rings. The number of H-pyrrole nitrogens is 1. The molecule has 0 bridgehead atoms. The SMILES string of the molecule is Cc1ccccc1-n1ncc([C@@H](C)NC(=O)c2cc(C3CC3)[nH]n2)c1C. The predicted octanol–water partition coefficient (Wildman–Crippen LogP) is 3.58. The molecule has 1 fully saturated rings. The molecule has 4 rings (SSSR count). The molecular weight excluding hydrogens is 326 g/mol. The first kappa shape index (κ1) is 16.6. The van der Waals surface area contributed by atoms with Crippen LogP contribution >= 0.6 is 0 Å². The zero-order chi connectivity index (χ0) is 18.3. The first-order valence-electron chi connectivity index (χ1n) is 9.01. The van der Waals surface area contributed by atoms with Crippen LogP contribution in [-0.2, 0) is 0 Å². The maximum atomic E-state index is 12.5. The summed E-state index contributed by atoms with van der Waals surface area (Å²) < 4.78 is 1.92. The van der Waals surface area contributed by atoms with Gasteiger partial charge >= 0.3 is 0 Å². The number of aromatic nitrogens is 4. The average Bonchev–Trinajstić information content (AvgIpc) is 3.22. The van der Waals surface area contributed by atoms with E-state index in [0.717, 1.165) is 28.2 Å². The van der Waals surface area contributed by atoms with Gasteiger partial charge in [0.15, 0.2) is 0 Å². The molecule has 1 aliphatic carbocycles. The molecule has 26 heavy (non-hydrogen) atoms. The van der Waals surface area contributed by atoms with E-state index in [1.54, 1.807) is 0 Å². The number of aromatic amines is 1.